The Hall–Kier alpha value is -0.770. The number of ether oxygens (including phenoxy) is 2. The van der Waals surface area contributed by atoms with E-state index in [1.807, 2.05) is 25.1 Å². The van der Waals surface area contributed by atoms with Crippen molar-refractivity contribution in [2.45, 2.75) is 38.8 Å². The lowest BCUT2D eigenvalue weighted by Crippen LogP contribution is -2.22. The molecule has 1 aromatic carbocycles. The van der Waals surface area contributed by atoms with E-state index in [-0.39, 0.29) is 12.1 Å². The summed E-state index contributed by atoms with van der Waals surface area (Å²) in [5, 5.41) is 0.710. The van der Waals surface area contributed by atoms with Gasteiger partial charge in [0.05, 0.1) is 6.10 Å². The lowest BCUT2D eigenvalue weighted by Gasteiger charge is -2.17. The first-order chi connectivity index (χ1) is 8.58. The summed E-state index contributed by atoms with van der Waals surface area (Å²) in [7, 11) is 1.67. The molecule has 0 radical (unpaired) electrons. The highest BCUT2D eigenvalue weighted by molar-refractivity contribution is 6.31. The molecule has 2 unspecified atom stereocenters. The molecule has 0 aliphatic heterocycles. The van der Waals surface area contributed by atoms with Crippen LogP contribution in [0, 0.1) is 0 Å². The molecule has 4 heteroatoms. The lowest BCUT2D eigenvalue weighted by molar-refractivity contribution is 0.0713. The Bertz CT molecular complexity index is 371. The molecule has 0 saturated heterocycles. The maximum atomic E-state index is 6.21. The molecule has 0 amide bonds. The summed E-state index contributed by atoms with van der Waals surface area (Å²) < 4.78 is 10.9. The molecule has 18 heavy (non-hydrogen) atoms. The Labute approximate surface area is 114 Å². The highest BCUT2D eigenvalue weighted by Gasteiger charge is 2.12. The van der Waals surface area contributed by atoms with Gasteiger partial charge in [-0.25, -0.2) is 0 Å². The summed E-state index contributed by atoms with van der Waals surface area (Å²) in [4.78, 5) is 0. The summed E-state index contributed by atoms with van der Waals surface area (Å²) in [5.41, 5.74) is 6.97. The molecule has 0 aromatic heterocycles. The predicted molar refractivity (Wildman–Crippen MR) is 75.4 cm³/mol. The quantitative estimate of drug-likeness (QED) is 0.829. The summed E-state index contributed by atoms with van der Waals surface area (Å²) >= 11 is 6.21. The number of hydrogen-bond donors (Lipinski definition) is 1. The average Bonchev–Trinajstić information content (AvgIpc) is 2.38. The van der Waals surface area contributed by atoms with Crippen molar-refractivity contribution in [2.75, 3.05) is 13.7 Å². The summed E-state index contributed by atoms with van der Waals surface area (Å²) in [6.45, 7) is 4.53. The number of benzene rings is 1. The van der Waals surface area contributed by atoms with Gasteiger partial charge in [-0.3, -0.25) is 0 Å². The Balaban J connectivity index is 2.79. The lowest BCUT2D eigenvalue weighted by atomic mass is 10.0. The van der Waals surface area contributed by atoms with Gasteiger partial charge in [-0.1, -0.05) is 24.6 Å². The fourth-order valence-corrected chi connectivity index (χ4v) is 1.80. The van der Waals surface area contributed by atoms with Crippen molar-refractivity contribution in [2.24, 2.45) is 5.73 Å². The standard InChI is InChI=1S/C14H22ClNO2/c1-4-11(16)8-12-13(15)6-5-7-14(12)18-9-10(2)17-3/h5-7,10-11H,4,8-9,16H2,1-3H3. The van der Waals surface area contributed by atoms with Crippen LogP contribution in [-0.2, 0) is 11.2 Å². The fraction of sp³-hybridized carbons (Fsp3) is 0.571. The zero-order valence-corrected chi connectivity index (χ0v) is 12.0. The van der Waals surface area contributed by atoms with E-state index in [0.717, 1.165) is 24.2 Å². The van der Waals surface area contributed by atoms with E-state index in [2.05, 4.69) is 6.92 Å². The smallest absolute Gasteiger partial charge is 0.124 e. The van der Waals surface area contributed by atoms with E-state index < -0.39 is 0 Å². The van der Waals surface area contributed by atoms with Gasteiger partial charge in [-0.2, -0.15) is 0 Å². The second-order valence-electron chi connectivity index (χ2n) is 4.45. The van der Waals surface area contributed by atoms with Gasteiger partial charge in [0.2, 0.25) is 0 Å². The van der Waals surface area contributed by atoms with Crippen LogP contribution in [-0.4, -0.2) is 25.9 Å². The van der Waals surface area contributed by atoms with E-state index in [1.165, 1.54) is 0 Å². The first kappa shape index (κ1) is 15.3. The van der Waals surface area contributed by atoms with Crippen LogP contribution in [0.3, 0.4) is 0 Å². The molecule has 0 spiro atoms. The Morgan fingerprint density at radius 3 is 2.72 bits per heavy atom. The molecule has 0 aliphatic rings. The van der Waals surface area contributed by atoms with Gasteiger partial charge in [0.1, 0.15) is 12.4 Å². The monoisotopic (exact) mass is 271 g/mol. The van der Waals surface area contributed by atoms with Crippen LogP contribution in [0.5, 0.6) is 5.75 Å². The molecule has 0 bridgehead atoms. The number of hydrogen-bond acceptors (Lipinski definition) is 3. The minimum absolute atomic E-state index is 0.0525. The molecular formula is C14H22ClNO2. The van der Waals surface area contributed by atoms with Crippen molar-refractivity contribution in [3.8, 4) is 5.75 Å². The zero-order valence-electron chi connectivity index (χ0n) is 11.3. The molecule has 2 N–H and O–H groups in total. The molecule has 2 atom stereocenters. The number of rotatable bonds is 7. The van der Waals surface area contributed by atoms with Crippen molar-refractivity contribution >= 4 is 11.6 Å². The normalized spacial score (nSPS) is 14.3. The average molecular weight is 272 g/mol. The summed E-state index contributed by atoms with van der Waals surface area (Å²) in [6.07, 6.45) is 1.70. The maximum absolute atomic E-state index is 6.21. The molecule has 102 valence electrons. The van der Waals surface area contributed by atoms with Crippen molar-refractivity contribution in [3.63, 3.8) is 0 Å². The highest BCUT2D eigenvalue weighted by atomic mass is 35.5. The molecule has 3 nitrogen and oxygen atoms in total. The largest absolute Gasteiger partial charge is 0.491 e. The van der Waals surface area contributed by atoms with Gasteiger partial charge in [0.15, 0.2) is 0 Å². The topological polar surface area (TPSA) is 44.5 Å². The van der Waals surface area contributed by atoms with E-state index in [1.54, 1.807) is 7.11 Å². The SMILES string of the molecule is CCC(N)Cc1c(Cl)cccc1OCC(C)OC. The van der Waals surface area contributed by atoms with Crippen LogP contribution in [0.2, 0.25) is 5.02 Å². The van der Waals surface area contributed by atoms with E-state index in [0.29, 0.717) is 11.6 Å². The third-order valence-corrected chi connectivity index (χ3v) is 3.30. The highest BCUT2D eigenvalue weighted by Crippen LogP contribution is 2.28. The number of methoxy groups -OCH3 is 1. The molecule has 0 saturated carbocycles. The van der Waals surface area contributed by atoms with Crippen LogP contribution in [0.4, 0.5) is 0 Å². The van der Waals surface area contributed by atoms with Crippen LogP contribution < -0.4 is 10.5 Å². The van der Waals surface area contributed by atoms with Gasteiger partial charge in [0.25, 0.3) is 0 Å². The van der Waals surface area contributed by atoms with E-state index in [9.17, 15) is 0 Å². The Morgan fingerprint density at radius 2 is 2.11 bits per heavy atom. The zero-order chi connectivity index (χ0) is 13.5. The van der Waals surface area contributed by atoms with Crippen molar-refractivity contribution in [3.05, 3.63) is 28.8 Å². The summed E-state index contributed by atoms with van der Waals surface area (Å²) in [5.74, 6) is 0.801. The van der Waals surface area contributed by atoms with Crippen LogP contribution in [0.1, 0.15) is 25.8 Å². The van der Waals surface area contributed by atoms with Gasteiger partial charge >= 0.3 is 0 Å². The van der Waals surface area contributed by atoms with Gasteiger partial charge in [-0.15, -0.1) is 0 Å². The predicted octanol–water partition coefficient (Wildman–Crippen LogP) is 3.03. The van der Waals surface area contributed by atoms with E-state index >= 15 is 0 Å². The third-order valence-electron chi connectivity index (χ3n) is 2.94. The van der Waals surface area contributed by atoms with Gasteiger partial charge in [0, 0.05) is 23.7 Å². The molecular weight excluding hydrogens is 250 g/mol. The Morgan fingerprint density at radius 1 is 1.39 bits per heavy atom. The fourth-order valence-electron chi connectivity index (χ4n) is 1.55. The van der Waals surface area contributed by atoms with Gasteiger partial charge < -0.3 is 15.2 Å². The second-order valence-corrected chi connectivity index (χ2v) is 4.85. The molecule has 0 heterocycles. The van der Waals surface area contributed by atoms with Crippen molar-refractivity contribution in [1.29, 1.82) is 0 Å². The maximum Gasteiger partial charge on any atom is 0.124 e. The Kier molecular flexibility index (Phi) is 6.47. The minimum atomic E-state index is 0.0525. The van der Waals surface area contributed by atoms with Crippen LogP contribution >= 0.6 is 11.6 Å². The molecule has 1 rings (SSSR count). The molecule has 1 aromatic rings. The van der Waals surface area contributed by atoms with Crippen molar-refractivity contribution in [1.82, 2.24) is 0 Å². The number of halogens is 1. The first-order valence-corrected chi connectivity index (χ1v) is 6.64. The van der Waals surface area contributed by atoms with Crippen LogP contribution in [0.15, 0.2) is 18.2 Å². The minimum Gasteiger partial charge on any atom is -0.491 e. The van der Waals surface area contributed by atoms with Crippen molar-refractivity contribution < 1.29 is 9.47 Å². The second kappa shape index (κ2) is 7.62. The third kappa shape index (κ3) is 4.48. The number of nitrogens with two attached hydrogens (primary N) is 1. The van der Waals surface area contributed by atoms with Gasteiger partial charge in [-0.05, 0) is 31.9 Å². The molecule has 0 aliphatic carbocycles. The van der Waals surface area contributed by atoms with E-state index in [4.69, 9.17) is 26.8 Å². The van der Waals surface area contributed by atoms with Crippen LogP contribution in [0.25, 0.3) is 0 Å². The molecule has 0 fully saturated rings. The first-order valence-electron chi connectivity index (χ1n) is 6.27. The summed E-state index contributed by atoms with van der Waals surface area (Å²) in [6, 6.07) is 5.78.